The number of fused-ring (bicyclic) bond motifs is 1. The lowest BCUT2D eigenvalue weighted by molar-refractivity contribution is 0.465. The van der Waals surface area contributed by atoms with Crippen LogP contribution in [0.15, 0.2) is 48.7 Å². The third kappa shape index (κ3) is 2.11. The monoisotopic (exact) mass is 264 g/mol. The summed E-state index contributed by atoms with van der Waals surface area (Å²) in [6, 6.07) is 13.7. The fourth-order valence-corrected chi connectivity index (χ4v) is 2.41. The van der Waals surface area contributed by atoms with Crippen LogP contribution in [-0.4, -0.2) is 15.3 Å². The minimum Gasteiger partial charge on any atom is -0.508 e. The fraction of sp³-hybridized carbons (Fsp3) is 0.176. The van der Waals surface area contributed by atoms with E-state index >= 15 is 0 Å². The summed E-state index contributed by atoms with van der Waals surface area (Å²) in [6.45, 7) is 4.13. The van der Waals surface area contributed by atoms with E-state index in [1.807, 2.05) is 36.4 Å². The molecule has 0 fully saturated rings. The van der Waals surface area contributed by atoms with E-state index in [9.17, 15) is 5.11 Å². The fourth-order valence-electron chi connectivity index (χ4n) is 2.41. The molecule has 0 aliphatic rings. The average molecular weight is 264 g/mol. The molecule has 0 bridgehead atoms. The van der Waals surface area contributed by atoms with Gasteiger partial charge in [-0.2, -0.15) is 5.10 Å². The maximum absolute atomic E-state index is 9.93. The molecule has 3 aromatic rings. The molecule has 1 heterocycles. The number of benzene rings is 2. The number of nitrogens with zero attached hydrogens (tertiary/aromatic N) is 2. The number of phenolic OH excluding ortho intramolecular Hbond substituents is 1. The molecule has 0 amide bonds. The maximum Gasteiger partial charge on any atom is 0.119 e. The molecule has 2 aromatic carbocycles. The van der Waals surface area contributed by atoms with Crippen molar-refractivity contribution in [3.63, 3.8) is 0 Å². The summed E-state index contributed by atoms with van der Waals surface area (Å²) < 4.78 is 0. The van der Waals surface area contributed by atoms with Gasteiger partial charge in [0.2, 0.25) is 0 Å². The van der Waals surface area contributed by atoms with Gasteiger partial charge in [0.15, 0.2) is 0 Å². The summed E-state index contributed by atoms with van der Waals surface area (Å²) in [4.78, 5) is 0. The van der Waals surface area contributed by atoms with E-state index in [1.54, 1.807) is 12.3 Å². The second-order valence-electron chi connectivity index (χ2n) is 5.21. The highest BCUT2D eigenvalue weighted by Crippen LogP contribution is 2.32. The van der Waals surface area contributed by atoms with Crippen molar-refractivity contribution < 1.29 is 5.11 Å². The number of aromatic hydroxyl groups is 1. The molecule has 0 radical (unpaired) electrons. The number of hydrogen-bond donors (Lipinski definition) is 1. The van der Waals surface area contributed by atoms with Gasteiger partial charge in [0.1, 0.15) is 11.4 Å². The van der Waals surface area contributed by atoms with E-state index in [2.05, 4.69) is 24.0 Å². The molecule has 0 spiro atoms. The molecule has 3 rings (SSSR count). The largest absolute Gasteiger partial charge is 0.508 e. The Bertz CT molecular complexity index is 761. The lowest BCUT2D eigenvalue weighted by Crippen LogP contribution is -1.93. The number of hydrogen-bond acceptors (Lipinski definition) is 3. The summed E-state index contributed by atoms with van der Waals surface area (Å²) in [5.74, 6) is 0.592. The van der Waals surface area contributed by atoms with Gasteiger partial charge in [-0.25, -0.2) is 0 Å². The molecule has 1 N–H and O–H groups in total. The summed E-state index contributed by atoms with van der Waals surface area (Å²) in [7, 11) is 0. The van der Waals surface area contributed by atoms with Crippen molar-refractivity contribution in [2.75, 3.05) is 0 Å². The summed E-state index contributed by atoms with van der Waals surface area (Å²) in [5, 5.41) is 20.4. The van der Waals surface area contributed by atoms with Gasteiger partial charge in [-0.1, -0.05) is 38.1 Å². The predicted octanol–water partition coefficient (Wildman–Crippen LogP) is 4.13. The van der Waals surface area contributed by atoms with Crippen molar-refractivity contribution in [1.29, 1.82) is 0 Å². The van der Waals surface area contributed by atoms with Gasteiger partial charge in [-0.05, 0) is 29.7 Å². The van der Waals surface area contributed by atoms with Crippen LogP contribution in [0, 0.1) is 0 Å². The molecule has 0 atom stereocenters. The van der Waals surface area contributed by atoms with E-state index in [-0.39, 0.29) is 5.92 Å². The minimum atomic E-state index is 0.262. The maximum atomic E-state index is 9.93. The molecule has 100 valence electrons. The van der Waals surface area contributed by atoms with Crippen molar-refractivity contribution in [3.05, 3.63) is 54.2 Å². The second-order valence-corrected chi connectivity index (χ2v) is 5.21. The quantitative estimate of drug-likeness (QED) is 0.757. The summed E-state index contributed by atoms with van der Waals surface area (Å²) in [5.41, 5.74) is 2.76. The third-order valence-corrected chi connectivity index (χ3v) is 3.49. The molecule has 0 aliphatic carbocycles. The van der Waals surface area contributed by atoms with E-state index in [1.165, 1.54) is 0 Å². The van der Waals surface area contributed by atoms with E-state index < -0.39 is 0 Å². The molecule has 0 unspecified atom stereocenters. The van der Waals surface area contributed by atoms with E-state index in [0.29, 0.717) is 5.75 Å². The lowest BCUT2D eigenvalue weighted by Gasteiger charge is -2.11. The molecule has 20 heavy (non-hydrogen) atoms. The zero-order chi connectivity index (χ0) is 14.1. The van der Waals surface area contributed by atoms with Crippen LogP contribution in [0.2, 0.25) is 0 Å². The molecule has 1 aromatic heterocycles. The number of phenols is 1. The highest BCUT2D eigenvalue weighted by atomic mass is 16.3. The summed E-state index contributed by atoms with van der Waals surface area (Å²) in [6.07, 6.45) is 1.77. The van der Waals surface area contributed by atoms with Crippen LogP contribution in [0.4, 0.5) is 0 Å². The second kappa shape index (κ2) is 4.93. The van der Waals surface area contributed by atoms with Crippen molar-refractivity contribution in [1.82, 2.24) is 10.2 Å². The molecule has 3 nitrogen and oxygen atoms in total. The lowest BCUT2D eigenvalue weighted by atomic mass is 9.97. The Hall–Kier alpha value is -2.42. The molecule has 0 saturated carbocycles. The normalized spacial score (nSPS) is 11.2. The van der Waals surface area contributed by atoms with Crippen molar-refractivity contribution >= 4 is 10.8 Å². The van der Waals surface area contributed by atoms with Gasteiger partial charge < -0.3 is 5.11 Å². The number of aromatic nitrogens is 2. The Balaban J connectivity index is 2.23. The topological polar surface area (TPSA) is 46.0 Å². The number of rotatable bonds is 2. The van der Waals surface area contributed by atoms with Gasteiger partial charge in [0, 0.05) is 16.3 Å². The van der Waals surface area contributed by atoms with E-state index in [4.69, 9.17) is 0 Å². The smallest absolute Gasteiger partial charge is 0.119 e. The van der Waals surface area contributed by atoms with Crippen molar-refractivity contribution in [2.45, 2.75) is 19.8 Å². The molecule has 3 heteroatoms. The first-order valence-electron chi connectivity index (χ1n) is 6.70. The van der Waals surface area contributed by atoms with Gasteiger partial charge in [0.25, 0.3) is 0 Å². The predicted molar refractivity (Wildman–Crippen MR) is 80.7 cm³/mol. The molecular formula is C17H16N2O. The van der Waals surface area contributed by atoms with Crippen LogP contribution >= 0.6 is 0 Å². The van der Waals surface area contributed by atoms with Crippen LogP contribution < -0.4 is 0 Å². The van der Waals surface area contributed by atoms with Crippen molar-refractivity contribution in [3.8, 4) is 17.0 Å². The van der Waals surface area contributed by atoms with Gasteiger partial charge in [0.05, 0.1) is 6.20 Å². The Morgan fingerprint density at radius 3 is 2.65 bits per heavy atom. The first-order valence-corrected chi connectivity index (χ1v) is 6.70. The molecule has 0 saturated heterocycles. The highest BCUT2D eigenvalue weighted by molar-refractivity contribution is 5.93. The standard InChI is InChI=1S/C17H16N2O/c1-11(2)15-9-12(7-8-16(15)20)17-14-6-4-3-5-13(14)10-18-19-17/h3-11,20H,1-2H3. The Kier molecular flexibility index (Phi) is 3.11. The highest BCUT2D eigenvalue weighted by Gasteiger charge is 2.11. The van der Waals surface area contributed by atoms with Crippen LogP contribution in [0.3, 0.4) is 0 Å². The van der Waals surface area contributed by atoms with Gasteiger partial charge >= 0.3 is 0 Å². The summed E-state index contributed by atoms with van der Waals surface area (Å²) >= 11 is 0. The molecular weight excluding hydrogens is 248 g/mol. The Labute approximate surface area is 117 Å². The molecule has 0 aliphatic heterocycles. The SMILES string of the molecule is CC(C)c1cc(-c2nncc3ccccc23)ccc1O. The zero-order valence-electron chi connectivity index (χ0n) is 11.5. The Morgan fingerprint density at radius 2 is 1.85 bits per heavy atom. The average Bonchev–Trinajstić information content (AvgIpc) is 2.47. The van der Waals surface area contributed by atoms with E-state index in [0.717, 1.165) is 27.6 Å². The van der Waals surface area contributed by atoms with Crippen LogP contribution in [-0.2, 0) is 0 Å². The van der Waals surface area contributed by atoms with Gasteiger partial charge in [-0.3, -0.25) is 0 Å². The van der Waals surface area contributed by atoms with Crippen LogP contribution in [0.5, 0.6) is 5.75 Å². The third-order valence-electron chi connectivity index (χ3n) is 3.49. The first-order chi connectivity index (χ1) is 9.66. The van der Waals surface area contributed by atoms with Crippen LogP contribution in [0.1, 0.15) is 25.3 Å². The zero-order valence-corrected chi connectivity index (χ0v) is 11.5. The van der Waals surface area contributed by atoms with Gasteiger partial charge in [-0.15, -0.1) is 5.10 Å². The Morgan fingerprint density at radius 1 is 1.05 bits per heavy atom. The first kappa shape index (κ1) is 12.6. The van der Waals surface area contributed by atoms with Crippen LogP contribution in [0.25, 0.3) is 22.0 Å². The minimum absolute atomic E-state index is 0.262. The van der Waals surface area contributed by atoms with Crippen molar-refractivity contribution in [2.24, 2.45) is 0 Å².